The minimum atomic E-state index is -4.29. The lowest BCUT2D eigenvalue weighted by atomic mass is 9.76. The molecule has 150 valence electrons. The largest absolute Gasteiger partial charge is 0.495 e. The van der Waals surface area contributed by atoms with E-state index in [9.17, 15) is 17.6 Å². The highest BCUT2D eigenvalue weighted by molar-refractivity contribution is 5.33. The van der Waals surface area contributed by atoms with Crippen LogP contribution < -0.4 is 0 Å². The monoisotopic (exact) mass is 384 g/mol. The Morgan fingerprint density at radius 3 is 2.11 bits per heavy atom. The quantitative estimate of drug-likeness (QED) is 0.494. The number of rotatable bonds is 5. The number of hydrogen-bond donors (Lipinski definition) is 0. The number of methoxy groups -OCH3 is 1. The van der Waals surface area contributed by atoms with Gasteiger partial charge in [0.25, 0.3) is 0 Å². The van der Waals surface area contributed by atoms with E-state index in [2.05, 4.69) is 11.7 Å². The molecule has 1 unspecified atom stereocenters. The van der Waals surface area contributed by atoms with Crippen LogP contribution >= 0.6 is 0 Å². The Bertz CT molecular complexity index is 657. The molecule has 0 N–H and O–H groups in total. The van der Waals surface area contributed by atoms with E-state index in [-0.39, 0.29) is 12.0 Å². The normalized spacial score (nSPS) is 29.9. The first-order valence-electron chi connectivity index (χ1n) is 9.91. The number of halogens is 4. The van der Waals surface area contributed by atoms with E-state index in [1.54, 1.807) is 12.1 Å². The van der Waals surface area contributed by atoms with E-state index in [1.165, 1.54) is 25.7 Å². The summed E-state index contributed by atoms with van der Waals surface area (Å²) in [5, 5.41) is 0. The summed E-state index contributed by atoms with van der Waals surface area (Å²) in [5.41, 5.74) is 1.39. The van der Waals surface area contributed by atoms with Crippen molar-refractivity contribution in [1.82, 2.24) is 0 Å². The van der Waals surface area contributed by atoms with Crippen LogP contribution in [0.4, 0.5) is 17.6 Å². The summed E-state index contributed by atoms with van der Waals surface area (Å²) in [4.78, 5) is 0. The fourth-order valence-electron chi connectivity index (χ4n) is 4.63. The van der Waals surface area contributed by atoms with Gasteiger partial charge in [-0.1, -0.05) is 44.0 Å². The second kappa shape index (κ2) is 7.84. The van der Waals surface area contributed by atoms with E-state index in [0.29, 0.717) is 5.92 Å². The molecule has 0 heterocycles. The molecule has 1 aromatic rings. The molecule has 2 aliphatic rings. The zero-order chi connectivity index (χ0) is 19.7. The minimum Gasteiger partial charge on any atom is -0.495 e. The standard InChI is InChI=1S/C22H28F4O/c1-3-4-15-5-7-16(8-6-15)17-9-11-18(12-10-17)19-13-14-20(27-2)22(25,26)21(19,23)24/h9-12,14-16,19H,3-8,13H2,1-2H3. The van der Waals surface area contributed by atoms with Crippen molar-refractivity contribution < 1.29 is 22.3 Å². The molecule has 0 aliphatic heterocycles. The Balaban J connectivity index is 1.73. The molecular formula is C22H28F4O. The summed E-state index contributed by atoms with van der Waals surface area (Å²) >= 11 is 0. The van der Waals surface area contributed by atoms with Crippen molar-refractivity contribution in [1.29, 1.82) is 0 Å². The van der Waals surface area contributed by atoms with Crippen molar-refractivity contribution in [3.63, 3.8) is 0 Å². The number of allylic oxidation sites excluding steroid dienone is 2. The van der Waals surface area contributed by atoms with Gasteiger partial charge in [0.2, 0.25) is 0 Å². The highest BCUT2D eigenvalue weighted by Crippen LogP contribution is 2.53. The van der Waals surface area contributed by atoms with Crippen LogP contribution in [-0.4, -0.2) is 19.0 Å². The first kappa shape index (κ1) is 20.2. The predicted octanol–water partition coefficient (Wildman–Crippen LogP) is 7.05. The first-order valence-corrected chi connectivity index (χ1v) is 9.91. The van der Waals surface area contributed by atoms with Gasteiger partial charge >= 0.3 is 11.8 Å². The Hall–Kier alpha value is -1.52. The molecule has 1 nitrogen and oxygen atoms in total. The second-order valence-electron chi connectivity index (χ2n) is 7.93. The maximum Gasteiger partial charge on any atom is 0.366 e. The van der Waals surface area contributed by atoms with Crippen molar-refractivity contribution in [3.05, 3.63) is 47.2 Å². The van der Waals surface area contributed by atoms with E-state index in [0.717, 1.165) is 37.5 Å². The number of hydrogen-bond acceptors (Lipinski definition) is 1. The Morgan fingerprint density at radius 1 is 0.963 bits per heavy atom. The van der Waals surface area contributed by atoms with Crippen LogP contribution in [-0.2, 0) is 4.74 Å². The molecule has 5 heteroatoms. The van der Waals surface area contributed by atoms with Gasteiger partial charge in [-0.2, -0.15) is 17.6 Å². The zero-order valence-corrected chi connectivity index (χ0v) is 16.0. The Labute approximate surface area is 158 Å². The van der Waals surface area contributed by atoms with Crippen molar-refractivity contribution in [2.45, 2.75) is 75.6 Å². The molecule has 0 amide bonds. The fraction of sp³-hybridized carbons (Fsp3) is 0.636. The van der Waals surface area contributed by atoms with Gasteiger partial charge < -0.3 is 4.74 Å². The van der Waals surface area contributed by atoms with Crippen molar-refractivity contribution in [2.75, 3.05) is 7.11 Å². The van der Waals surface area contributed by atoms with Crippen LogP contribution in [0.25, 0.3) is 0 Å². The fourth-order valence-corrected chi connectivity index (χ4v) is 4.63. The average molecular weight is 384 g/mol. The van der Waals surface area contributed by atoms with Crippen LogP contribution in [0.2, 0.25) is 0 Å². The third-order valence-corrected chi connectivity index (χ3v) is 6.28. The lowest BCUT2D eigenvalue weighted by molar-refractivity contribution is -0.221. The topological polar surface area (TPSA) is 9.23 Å². The lowest BCUT2D eigenvalue weighted by Crippen LogP contribution is -2.49. The summed E-state index contributed by atoms with van der Waals surface area (Å²) in [6, 6.07) is 6.91. The molecule has 0 bridgehead atoms. The summed E-state index contributed by atoms with van der Waals surface area (Å²) in [6.45, 7) is 2.21. The van der Waals surface area contributed by atoms with Gasteiger partial charge in [0.1, 0.15) is 0 Å². The first-order chi connectivity index (χ1) is 12.8. The van der Waals surface area contributed by atoms with Crippen LogP contribution in [0.5, 0.6) is 0 Å². The van der Waals surface area contributed by atoms with Crippen LogP contribution in [0.3, 0.4) is 0 Å². The van der Waals surface area contributed by atoms with Crippen molar-refractivity contribution >= 4 is 0 Å². The number of alkyl halides is 4. The van der Waals surface area contributed by atoms with Crippen LogP contribution in [0, 0.1) is 5.92 Å². The second-order valence-corrected chi connectivity index (χ2v) is 7.93. The molecule has 1 fully saturated rings. The van der Waals surface area contributed by atoms with E-state index in [1.807, 2.05) is 12.1 Å². The molecule has 0 aromatic heterocycles. The predicted molar refractivity (Wildman–Crippen MR) is 98.4 cm³/mol. The number of benzene rings is 1. The Kier molecular flexibility index (Phi) is 5.87. The number of ether oxygens (including phenoxy) is 1. The van der Waals surface area contributed by atoms with Gasteiger partial charge in [-0.3, -0.25) is 0 Å². The van der Waals surface area contributed by atoms with Gasteiger partial charge in [0.05, 0.1) is 13.0 Å². The smallest absolute Gasteiger partial charge is 0.366 e. The summed E-state index contributed by atoms with van der Waals surface area (Å²) < 4.78 is 61.6. The molecule has 0 saturated heterocycles. The summed E-state index contributed by atoms with van der Waals surface area (Å²) in [5.74, 6) is -9.70. The van der Waals surface area contributed by atoms with Gasteiger partial charge in [0, 0.05) is 0 Å². The molecule has 0 spiro atoms. The lowest BCUT2D eigenvalue weighted by Gasteiger charge is -2.37. The summed E-state index contributed by atoms with van der Waals surface area (Å²) in [6.07, 6.45) is 8.05. The van der Waals surface area contributed by atoms with Crippen LogP contribution in [0.15, 0.2) is 36.1 Å². The molecule has 1 saturated carbocycles. The molecule has 2 aliphatic carbocycles. The van der Waals surface area contributed by atoms with Gasteiger partial charge in [-0.05, 0) is 61.1 Å². The highest BCUT2D eigenvalue weighted by Gasteiger charge is 2.65. The van der Waals surface area contributed by atoms with Crippen LogP contribution in [0.1, 0.15) is 74.8 Å². The SMILES string of the molecule is CCCC1CCC(c2ccc(C3CC=C(OC)C(F)(F)C3(F)F)cc2)CC1. The average Bonchev–Trinajstić information content (AvgIpc) is 2.65. The maximum absolute atomic E-state index is 14.5. The van der Waals surface area contributed by atoms with Gasteiger partial charge in [0.15, 0.2) is 5.76 Å². The van der Waals surface area contributed by atoms with Gasteiger partial charge in [-0.15, -0.1) is 0 Å². The Morgan fingerprint density at radius 2 is 1.56 bits per heavy atom. The van der Waals surface area contributed by atoms with E-state index >= 15 is 0 Å². The van der Waals surface area contributed by atoms with Crippen molar-refractivity contribution in [2.24, 2.45) is 5.92 Å². The highest BCUT2D eigenvalue weighted by atomic mass is 19.3. The minimum absolute atomic E-state index is 0.159. The third-order valence-electron chi connectivity index (χ3n) is 6.28. The molecular weight excluding hydrogens is 356 g/mol. The third kappa shape index (κ3) is 3.74. The molecule has 1 aromatic carbocycles. The summed E-state index contributed by atoms with van der Waals surface area (Å²) in [7, 11) is 1.00. The molecule has 0 radical (unpaired) electrons. The van der Waals surface area contributed by atoms with E-state index in [4.69, 9.17) is 0 Å². The maximum atomic E-state index is 14.5. The molecule has 1 atom stereocenters. The van der Waals surface area contributed by atoms with E-state index < -0.39 is 23.5 Å². The van der Waals surface area contributed by atoms with Gasteiger partial charge in [-0.25, -0.2) is 0 Å². The van der Waals surface area contributed by atoms with Crippen molar-refractivity contribution in [3.8, 4) is 0 Å². The molecule has 27 heavy (non-hydrogen) atoms. The molecule has 3 rings (SSSR count). The zero-order valence-electron chi connectivity index (χ0n) is 16.0.